The molecular formula is C18H23N5O2S. The number of benzene rings is 1. The van der Waals surface area contributed by atoms with E-state index in [1.54, 1.807) is 28.8 Å². The first kappa shape index (κ1) is 18.4. The van der Waals surface area contributed by atoms with Crippen molar-refractivity contribution in [2.45, 2.75) is 38.4 Å². The highest BCUT2D eigenvalue weighted by atomic mass is 32.2. The second-order valence-electron chi connectivity index (χ2n) is 6.07. The summed E-state index contributed by atoms with van der Waals surface area (Å²) in [7, 11) is 0. The van der Waals surface area contributed by atoms with Gasteiger partial charge >= 0.3 is 0 Å². The Kier molecular flexibility index (Phi) is 5.92. The molecule has 1 saturated heterocycles. The van der Waals surface area contributed by atoms with Crippen LogP contribution in [0.1, 0.15) is 35.9 Å². The third-order valence-electron chi connectivity index (χ3n) is 4.35. The number of rotatable bonds is 7. The van der Waals surface area contributed by atoms with Crippen molar-refractivity contribution >= 4 is 29.3 Å². The van der Waals surface area contributed by atoms with E-state index >= 15 is 0 Å². The topological polar surface area (TPSA) is 80.1 Å². The molecule has 1 aromatic carbocycles. The van der Waals surface area contributed by atoms with Crippen molar-refractivity contribution < 1.29 is 9.59 Å². The molecule has 1 aliphatic rings. The van der Waals surface area contributed by atoms with Gasteiger partial charge < -0.3 is 14.8 Å². The minimum absolute atomic E-state index is 0.113. The Balaban J connectivity index is 1.48. The lowest BCUT2D eigenvalue weighted by molar-refractivity contribution is -0.117. The number of carbonyl (C=O) groups excluding carboxylic acids is 2. The normalized spacial score (nSPS) is 14.1. The quantitative estimate of drug-likeness (QED) is 0.595. The number of aromatic nitrogens is 3. The summed E-state index contributed by atoms with van der Waals surface area (Å²) in [4.78, 5) is 25.8. The van der Waals surface area contributed by atoms with E-state index in [2.05, 4.69) is 22.4 Å². The maximum atomic E-state index is 12.2. The van der Waals surface area contributed by atoms with E-state index in [9.17, 15) is 9.59 Å². The number of aryl methyl sites for hydroxylation is 1. The van der Waals surface area contributed by atoms with Gasteiger partial charge in [-0.15, -0.1) is 10.2 Å². The number of nitrogens with one attached hydrogen (secondary N) is 1. The standard InChI is InChI=1S/C18H23N5O2S/c1-3-22-13(2)20-21-18(22)26-12-10-19-17(25)14-6-8-15(9-7-14)23-11-4-5-16(23)24/h6-9H,3-5,10-12H2,1-2H3,(H,19,25). The predicted molar refractivity (Wildman–Crippen MR) is 102 cm³/mol. The summed E-state index contributed by atoms with van der Waals surface area (Å²) in [5.74, 6) is 1.66. The second kappa shape index (κ2) is 8.35. The number of anilines is 1. The molecule has 1 fully saturated rings. The first-order valence-electron chi connectivity index (χ1n) is 8.81. The largest absolute Gasteiger partial charge is 0.351 e. The molecule has 2 aromatic rings. The number of amides is 2. The Morgan fingerprint density at radius 1 is 1.27 bits per heavy atom. The van der Waals surface area contributed by atoms with Gasteiger partial charge in [0.15, 0.2) is 5.16 Å². The van der Waals surface area contributed by atoms with Crippen molar-refractivity contribution in [2.75, 3.05) is 23.7 Å². The highest BCUT2D eigenvalue weighted by molar-refractivity contribution is 7.99. The van der Waals surface area contributed by atoms with Gasteiger partial charge in [0.2, 0.25) is 5.91 Å². The fourth-order valence-corrected chi connectivity index (χ4v) is 3.86. The summed E-state index contributed by atoms with van der Waals surface area (Å²) in [6.45, 7) is 6.12. The monoisotopic (exact) mass is 373 g/mol. The fourth-order valence-electron chi connectivity index (χ4n) is 2.96. The highest BCUT2D eigenvalue weighted by Gasteiger charge is 2.21. The van der Waals surface area contributed by atoms with E-state index < -0.39 is 0 Å². The zero-order chi connectivity index (χ0) is 18.5. The average Bonchev–Trinajstić information content (AvgIpc) is 3.24. The van der Waals surface area contributed by atoms with Gasteiger partial charge in [0, 0.05) is 43.1 Å². The maximum Gasteiger partial charge on any atom is 0.251 e. The number of nitrogens with zero attached hydrogens (tertiary/aromatic N) is 4. The van der Waals surface area contributed by atoms with Crippen LogP contribution in [-0.2, 0) is 11.3 Å². The molecule has 26 heavy (non-hydrogen) atoms. The van der Waals surface area contributed by atoms with E-state index in [-0.39, 0.29) is 11.8 Å². The molecule has 0 aliphatic carbocycles. The van der Waals surface area contributed by atoms with E-state index in [1.807, 2.05) is 23.6 Å². The van der Waals surface area contributed by atoms with Gasteiger partial charge in [0.05, 0.1) is 0 Å². The Bertz CT molecular complexity index is 787. The molecule has 0 atom stereocenters. The van der Waals surface area contributed by atoms with Crippen molar-refractivity contribution in [3.63, 3.8) is 0 Å². The third kappa shape index (κ3) is 4.07. The lowest BCUT2D eigenvalue weighted by Crippen LogP contribution is -2.26. The van der Waals surface area contributed by atoms with Crippen LogP contribution in [-0.4, -0.2) is 45.4 Å². The van der Waals surface area contributed by atoms with Crippen LogP contribution in [0.25, 0.3) is 0 Å². The molecule has 1 aromatic heterocycles. The van der Waals surface area contributed by atoms with E-state index in [1.165, 1.54) is 0 Å². The predicted octanol–water partition coefficient (Wildman–Crippen LogP) is 2.26. The molecule has 138 valence electrons. The molecule has 0 bridgehead atoms. The van der Waals surface area contributed by atoms with Gasteiger partial charge in [-0.25, -0.2) is 0 Å². The molecule has 1 N–H and O–H groups in total. The maximum absolute atomic E-state index is 12.2. The highest BCUT2D eigenvalue weighted by Crippen LogP contribution is 2.21. The van der Waals surface area contributed by atoms with E-state index in [0.29, 0.717) is 18.5 Å². The van der Waals surface area contributed by atoms with Crippen molar-refractivity contribution in [3.05, 3.63) is 35.7 Å². The van der Waals surface area contributed by atoms with E-state index in [0.717, 1.165) is 41.9 Å². The molecule has 0 saturated carbocycles. The summed E-state index contributed by atoms with van der Waals surface area (Å²) in [6.07, 6.45) is 1.50. The zero-order valence-corrected chi connectivity index (χ0v) is 15.9. The molecule has 2 heterocycles. The third-order valence-corrected chi connectivity index (χ3v) is 5.32. The molecule has 0 unspecified atom stereocenters. The Labute approximate surface area is 157 Å². The first-order chi connectivity index (χ1) is 12.6. The van der Waals surface area contributed by atoms with Crippen molar-refractivity contribution in [1.82, 2.24) is 20.1 Å². The molecule has 8 heteroatoms. The van der Waals surface area contributed by atoms with Crippen LogP contribution in [0.3, 0.4) is 0 Å². The number of hydrogen-bond acceptors (Lipinski definition) is 5. The molecule has 1 aliphatic heterocycles. The second-order valence-corrected chi connectivity index (χ2v) is 7.14. The van der Waals surface area contributed by atoms with Crippen molar-refractivity contribution in [2.24, 2.45) is 0 Å². The van der Waals surface area contributed by atoms with Gasteiger partial charge in [0.1, 0.15) is 5.82 Å². The van der Waals surface area contributed by atoms with Gasteiger partial charge in [-0.1, -0.05) is 11.8 Å². The molecular weight excluding hydrogens is 350 g/mol. The minimum atomic E-state index is -0.113. The summed E-state index contributed by atoms with van der Waals surface area (Å²) < 4.78 is 2.05. The minimum Gasteiger partial charge on any atom is -0.351 e. The number of hydrogen-bond donors (Lipinski definition) is 1. The Hall–Kier alpha value is -2.35. The first-order valence-corrected chi connectivity index (χ1v) is 9.80. The SMILES string of the molecule is CCn1c(C)nnc1SCCNC(=O)c1ccc(N2CCCC2=O)cc1. The number of thioether (sulfide) groups is 1. The molecule has 0 spiro atoms. The zero-order valence-electron chi connectivity index (χ0n) is 15.1. The van der Waals surface area contributed by atoms with Gasteiger partial charge in [-0.05, 0) is 44.5 Å². The van der Waals surface area contributed by atoms with Gasteiger partial charge in [-0.2, -0.15) is 0 Å². The van der Waals surface area contributed by atoms with Crippen LogP contribution in [0.4, 0.5) is 5.69 Å². The summed E-state index contributed by atoms with van der Waals surface area (Å²) in [6, 6.07) is 7.19. The Morgan fingerprint density at radius 2 is 2.04 bits per heavy atom. The van der Waals surface area contributed by atoms with Crippen LogP contribution in [0.5, 0.6) is 0 Å². The van der Waals surface area contributed by atoms with Gasteiger partial charge in [-0.3, -0.25) is 9.59 Å². The summed E-state index contributed by atoms with van der Waals surface area (Å²) in [5, 5.41) is 12.0. The van der Waals surface area contributed by atoms with Crippen LogP contribution in [0.15, 0.2) is 29.4 Å². The van der Waals surface area contributed by atoms with Crippen LogP contribution >= 0.6 is 11.8 Å². The Morgan fingerprint density at radius 3 is 2.69 bits per heavy atom. The molecule has 0 radical (unpaired) electrons. The fraction of sp³-hybridized carbons (Fsp3) is 0.444. The molecule has 7 nitrogen and oxygen atoms in total. The van der Waals surface area contributed by atoms with Crippen LogP contribution in [0.2, 0.25) is 0 Å². The van der Waals surface area contributed by atoms with Crippen molar-refractivity contribution in [1.29, 1.82) is 0 Å². The lowest BCUT2D eigenvalue weighted by Gasteiger charge is -2.15. The average molecular weight is 373 g/mol. The molecule has 3 rings (SSSR count). The van der Waals surface area contributed by atoms with E-state index in [4.69, 9.17) is 0 Å². The summed E-state index contributed by atoms with van der Waals surface area (Å²) >= 11 is 1.58. The van der Waals surface area contributed by atoms with Crippen molar-refractivity contribution in [3.8, 4) is 0 Å². The van der Waals surface area contributed by atoms with Gasteiger partial charge in [0.25, 0.3) is 5.91 Å². The van der Waals surface area contributed by atoms with Crippen LogP contribution in [0, 0.1) is 6.92 Å². The number of carbonyl (C=O) groups is 2. The summed E-state index contributed by atoms with van der Waals surface area (Å²) in [5.41, 5.74) is 1.45. The van der Waals surface area contributed by atoms with Crippen LogP contribution < -0.4 is 10.2 Å². The smallest absolute Gasteiger partial charge is 0.251 e. The molecule has 2 amide bonds. The lowest BCUT2D eigenvalue weighted by atomic mass is 10.2.